The third kappa shape index (κ3) is 6.26. The summed E-state index contributed by atoms with van der Waals surface area (Å²) in [6, 6.07) is 0. The lowest BCUT2D eigenvalue weighted by molar-refractivity contribution is 0.247. The summed E-state index contributed by atoms with van der Waals surface area (Å²) >= 11 is 5.43. The van der Waals surface area contributed by atoms with Gasteiger partial charge in [0.1, 0.15) is 0 Å². The van der Waals surface area contributed by atoms with Crippen LogP contribution in [0.25, 0.3) is 0 Å². The molecule has 0 amide bonds. The van der Waals surface area contributed by atoms with E-state index in [9.17, 15) is 5.11 Å². The molecule has 0 bridgehead atoms. The van der Waals surface area contributed by atoms with Crippen molar-refractivity contribution in [2.24, 2.45) is 17.3 Å². The largest absolute Gasteiger partial charge is 0.396 e. The van der Waals surface area contributed by atoms with Crippen LogP contribution in [0, 0.1) is 17.3 Å². The Bertz CT molecular complexity index is 191. The molecule has 90 valence electrons. The lowest BCUT2D eigenvalue weighted by Crippen LogP contribution is -2.29. The van der Waals surface area contributed by atoms with Gasteiger partial charge in [-0.3, -0.25) is 0 Å². The first-order valence-electron chi connectivity index (χ1n) is 5.94. The van der Waals surface area contributed by atoms with Crippen molar-refractivity contribution in [3.63, 3.8) is 0 Å². The Kier molecular flexibility index (Phi) is 6.62. The van der Waals surface area contributed by atoms with Crippen molar-refractivity contribution in [3.05, 3.63) is 0 Å². The van der Waals surface area contributed by atoms with Gasteiger partial charge in [-0.1, -0.05) is 59.7 Å². The van der Waals surface area contributed by atoms with Crippen LogP contribution in [0.5, 0.6) is 0 Å². The van der Waals surface area contributed by atoms with Gasteiger partial charge in [-0.2, -0.15) is 0 Å². The first kappa shape index (κ1) is 15.0. The molecule has 0 aromatic carbocycles. The summed E-state index contributed by atoms with van der Waals surface area (Å²) in [6.07, 6.45) is 3.42. The topological polar surface area (TPSA) is 20.2 Å². The molecule has 0 heterocycles. The van der Waals surface area contributed by atoms with Crippen LogP contribution in [0.15, 0.2) is 0 Å². The summed E-state index contributed by atoms with van der Waals surface area (Å²) in [6.45, 7) is 11.0. The predicted molar refractivity (Wildman–Crippen MR) is 71.3 cm³/mol. The van der Waals surface area contributed by atoms with Crippen molar-refractivity contribution in [2.45, 2.75) is 53.9 Å². The van der Waals surface area contributed by atoms with E-state index in [1.54, 1.807) is 0 Å². The number of thiocarbonyl (C=S) groups is 1. The van der Waals surface area contributed by atoms with Crippen LogP contribution in [0.3, 0.4) is 0 Å². The van der Waals surface area contributed by atoms with Crippen LogP contribution in [0.4, 0.5) is 0 Å². The molecule has 0 radical (unpaired) electrons. The van der Waals surface area contributed by atoms with E-state index in [1.807, 2.05) is 0 Å². The van der Waals surface area contributed by atoms with E-state index in [2.05, 4.69) is 34.6 Å². The minimum atomic E-state index is 0.0422. The fourth-order valence-electron chi connectivity index (χ4n) is 1.69. The Morgan fingerprint density at radius 2 is 1.73 bits per heavy atom. The van der Waals surface area contributed by atoms with Gasteiger partial charge in [-0.05, 0) is 17.8 Å². The molecular weight excluding hydrogens is 204 g/mol. The molecule has 0 saturated heterocycles. The molecule has 0 aromatic heterocycles. The Morgan fingerprint density at radius 3 is 2.07 bits per heavy atom. The Labute approximate surface area is 100 Å². The van der Waals surface area contributed by atoms with E-state index in [0.29, 0.717) is 0 Å². The summed E-state index contributed by atoms with van der Waals surface area (Å²) in [5.41, 5.74) is 0.0422. The number of hydrogen-bond acceptors (Lipinski definition) is 2. The fourth-order valence-corrected chi connectivity index (χ4v) is 1.88. The Hall–Kier alpha value is 0.0500. The van der Waals surface area contributed by atoms with Gasteiger partial charge in [0.05, 0.1) is 6.61 Å². The highest BCUT2D eigenvalue weighted by Crippen LogP contribution is 2.25. The van der Waals surface area contributed by atoms with E-state index in [1.165, 1.54) is 12.8 Å². The summed E-state index contributed by atoms with van der Waals surface area (Å²) in [4.78, 5) is 1.02. The van der Waals surface area contributed by atoms with Gasteiger partial charge in [0.2, 0.25) is 0 Å². The number of aliphatic hydroxyl groups excluding tert-OH is 1. The van der Waals surface area contributed by atoms with Crippen LogP contribution in [0.1, 0.15) is 53.9 Å². The van der Waals surface area contributed by atoms with Gasteiger partial charge in [-0.25, -0.2) is 0 Å². The zero-order chi connectivity index (χ0) is 12.1. The molecule has 1 atom stereocenters. The number of aliphatic hydroxyl groups is 1. The maximum Gasteiger partial charge on any atom is 0.0504 e. The molecule has 0 aliphatic rings. The van der Waals surface area contributed by atoms with Crippen LogP contribution in [-0.2, 0) is 0 Å². The monoisotopic (exact) mass is 230 g/mol. The van der Waals surface area contributed by atoms with Crippen molar-refractivity contribution < 1.29 is 5.11 Å². The lowest BCUT2D eigenvalue weighted by Gasteiger charge is -2.26. The van der Waals surface area contributed by atoms with E-state index in [4.69, 9.17) is 12.2 Å². The highest BCUT2D eigenvalue weighted by Gasteiger charge is 2.24. The number of rotatable bonds is 6. The molecular formula is C13H26OS. The van der Waals surface area contributed by atoms with Crippen LogP contribution >= 0.6 is 12.2 Å². The maximum absolute atomic E-state index is 9.34. The average Bonchev–Trinajstić information content (AvgIpc) is 2.09. The molecule has 0 spiro atoms. The molecule has 0 aliphatic carbocycles. The van der Waals surface area contributed by atoms with Crippen molar-refractivity contribution in [1.29, 1.82) is 0 Å². The summed E-state index contributed by atoms with van der Waals surface area (Å²) in [7, 11) is 0. The van der Waals surface area contributed by atoms with E-state index >= 15 is 0 Å². The number of hydrogen-bond donors (Lipinski definition) is 1. The van der Waals surface area contributed by atoms with Crippen LogP contribution in [-0.4, -0.2) is 16.6 Å². The van der Waals surface area contributed by atoms with E-state index < -0.39 is 0 Å². The van der Waals surface area contributed by atoms with Crippen molar-refractivity contribution in [2.75, 3.05) is 6.61 Å². The normalized spacial score (nSPS) is 14.3. The van der Waals surface area contributed by atoms with E-state index in [-0.39, 0.29) is 17.9 Å². The first-order chi connectivity index (χ1) is 6.79. The molecule has 0 fully saturated rings. The van der Waals surface area contributed by atoms with E-state index in [0.717, 1.165) is 17.2 Å². The highest BCUT2D eigenvalue weighted by atomic mass is 32.1. The highest BCUT2D eigenvalue weighted by molar-refractivity contribution is 7.80. The average molecular weight is 230 g/mol. The molecule has 1 N–H and O–H groups in total. The molecule has 0 aliphatic heterocycles. The third-order valence-corrected chi connectivity index (χ3v) is 3.61. The quantitative estimate of drug-likeness (QED) is 0.700. The summed E-state index contributed by atoms with van der Waals surface area (Å²) in [5.74, 6) is 0.950. The van der Waals surface area contributed by atoms with Crippen LogP contribution in [0.2, 0.25) is 0 Å². The Morgan fingerprint density at radius 1 is 1.20 bits per heavy atom. The van der Waals surface area contributed by atoms with Crippen LogP contribution < -0.4 is 0 Å². The van der Waals surface area contributed by atoms with Crippen molar-refractivity contribution >= 4 is 17.1 Å². The third-order valence-electron chi connectivity index (χ3n) is 2.66. The molecule has 0 aromatic rings. The fraction of sp³-hybridized carbons (Fsp3) is 0.923. The molecule has 15 heavy (non-hydrogen) atoms. The first-order valence-corrected chi connectivity index (χ1v) is 6.35. The minimum absolute atomic E-state index is 0.0422. The van der Waals surface area contributed by atoms with Crippen molar-refractivity contribution in [3.8, 4) is 0 Å². The smallest absolute Gasteiger partial charge is 0.0504 e. The summed E-state index contributed by atoms with van der Waals surface area (Å²) < 4.78 is 0. The van der Waals surface area contributed by atoms with Gasteiger partial charge < -0.3 is 5.11 Å². The van der Waals surface area contributed by atoms with Crippen molar-refractivity contribution in [1.82, 2.24) is 0 Å². The van der Waals surface area contributed by atoms with Gasteiger partial charge in [-0.15, -0.1) is 0 Å². The second-order valence-corrected chi connectivity index (χ2v) is 6.26. The maximum atomic E-state index is 9.34. The zero-order valence-corrected chi connectivity index (χ0v) is 11.7. The molecule has 0 rings (SSSR count). The van der Waals surface area contributed by atoms with Gasteiger partial charge in [0, 0.05) is 10.8 Å². The van der Waals surface area contributed by atoms with Gasteiger partial charge in [0.25, 0.3) is 0 Å². The molecule has 0 unspecified atom stereocenters. The van der Waals surface area contributed by atoms with Gasteiger partial charge in [0.15, 0.2) is 0 Å². The molecule has 2 heteroatoms. The minimum Gasteiger partial charge on any atom is -0.396 e. The predicted octanol–water partition coefficient (Wildman–Crippen LogP) is 3.84. The lowest BCUT2D eigenvalue weighted by atomic mass is 9.82. The van der Waals surface area contributed by atoms with Gasteiger partial charge >= 0.3 is 0 Å². The SMILES string of the molecule is CC(C)CCC[C@@H](CO)C(=S)C(C)(C)C. The summed E-state index contributed by atoms with van der Waals surface area (Å²) in [5, 5.41) is 9.34. The Balaban J connectivity index is 4.09. The molecule has 1 nitrogen and oxygen atoms in total. The standard InChI is InChI=1S/C13H26OS/c1-10(2)7-6-8-11(9-14)12(15)13(3,4)5/h10-11,14H,6-9H2,1-5H3/t11-/m0/s1. The second-order valence-electron chi connectivity index (χ2n) is 5.82. The zero-order valence-electron chi connectivity index (χ0n) is 10.8. The molecule has 0 saturated carbocycles. The second kappa shape index (κ2) is 6.59.